The second-order valence-corrected chi connectivity index (χ2v) is 3.25. The molecule has 0 aliphatic carbocycles. The Kier molecular flexibility index (Phi) is 5.96. The molecule has 0 aliphatic rings. The highest BCUT2D eigenvalue weighted by atomic mass is 16.5. The number of aromatic nitrogens is 2. The largest absolute Gasteiger partial charge is 0.381 e. The number of rotatable bonds is 8. The third-order valence-corrected chi connectivity index (χ3v) is 1.85. The van der Waals surface area contributed by atoms with Crippen molar-refractivity contribution in [2.45, 2.75) is 33.2 Å². The van der Waals surface area contributed by atoms with E-state index in [2.05, 4.69) is 22.4 Å². The Hall–Kier alpha value is -0.940. The third-order valence-electron chi connectivity index (χ3n) is 1.85. The molecule has 0 aromatic carbocycles. The number of nitrogens with one attached hydrogen (secondary N) is 1. The van der Waals surface area contributed by atoms with Crippen LogP contribution in [0, 0.1) is 0 Å². The number of ether oxygens (including phenoxy) is 1. The van der Waals surface area contributed by atoms with Gasteiger partial charge < -0.3 is 14.6 Å². The highest BCUT2D eigenvalue weighted by Crippen LogP contribution is 1.98. The number of nitrogens with zero attached hydrogens (tertiary/aromatic N) is 2. The average molecular weight is 213 g/mol. The molecule has 0 atom stereocenters. The van der Waals surface area contributed by atoms with E-state index in [0.717, 1.165) is 19.6 Å². The summed E-state index contributed by atoms with van der Waals surface area (Å²) in [6.07, 6.45) is 1.73. The van der Waals surface area contributed by atoms with Crippen molar-refractivity contribution in [3.8, 4) is 0 Å². The van der Waals surface area contributed by atoms with Crippen LogP contribution in [0.25, 0.3) is 0 Å². The Labute approximate surface area is 90.2 Å². The minimum absolute atomic E-state index is 0.649. The molecule has 0 bridgehead atoms. The molecule has 0 saturated carbocycles. The second-order valence-electron chi connectivity index (χ2n) is 3.25. The molecule has 0 saturated heterocycles. The standard InChI is InChI=1S/C10H19N3O2/c1-3-6-14-7-5-10-12-9(13-15-10)8-11-4-2/h11H,3-8H2,1-2H3. The van der Waals surface area contributed by atoms with Crippen molar-refractivity contribution < 1.29 is 9.26 Å². The van der Waals surface area contributed by atoms with Crippen LogP contribution in [0.3, 0.4) is 0 Å². The van der Waals surface area contributed by atoms with Crippen molar-refractivity contribution >= 4 is 0 Å². The Balaban J connectivity index is 2.20. The van der Waals surface area contributed by atoms with Crippen LogP contribution in [-0.4, -0.2) is 29.9 Å². The zero-order valence-corrected chi connectivity index (χ0v) is 9.45. The van der Waals surface area contributed by atoms with Gasteiger partial charge in [0, 0.05) is 6.61 Å². The van der Waals surface area contributed by atoms with E-state index in [9.17, 15) is 0 Å². The Morgan fingerprint density at radius 2 is 2.20 bits per heavy atom. The third kappa shape index (κ3) is 4.90. The monoisotopic (exact) mass is 213 g/mol. The lowest BCUT2D eigenvalue weighted by atomic mass is 10.4. The van der Waals surface area contributed by atoms with Crippen molar-refractivity contribution in [2.75, 3.05) is 19.8 Å². The highest BCUT2D eigenvalue weighted by Gasteiger charge is 2.04. The van der Waals surface area contributed by atoms with Gasteiger partial charge in [-0.3, -0.25) is 0 Å². The summed E-state index contributed by atoms with van der Waals surface area (Å²) in [7, 11) is 0. The van der Waals surface area contributed by atoms with Crippen LogP contribution in [0.5, 0.6) is 0 Å². The van der Waals surface area contributed by atoms with Gasteiger partial charge in [0.05, 0.1) is 19.6 Å². The van der Waals surface area contributed by atoms with Gasteiger partial charge in [-0.15, -0.1) is 0 Å². The van der Waals surface area contributed by atoms with Gasteiger partial charge in [-0.1, -0.05) is 19.0 Å². The van der Waals surface area contributed by atoms with Gasteiger partial charge in [-0.2, -0.15) is 4.98 Å². The summed E-state index contributed by atoms with van der Waals surface area (Å²) in [4.78, 5) is 4.23. The van der Waals surface area contributed by atoms with Crippen molar-refractivity contribution in [1.29, 1.82) is 0 Å². The average Bonchev–Trinajstić information content (AvgIpc) is 2.69. The number of hydrogen-bond donors (Lipinski definition) is 1. The zero-order valence-electron chi connectivity index (χ0n) is 9.45. The minimum atomic E-state index is 0.649. The molecule has 0 radical (unpaired) electrons. The molecule has 1 aromatic rings. The maximum Gasteiger partial charge on any atom is 0.229 e. The molecule has 0 amide bonds. The molecule has 0 fully saturated rings. The maximum atomic E-state index is 5.33. The molecule has 1 rings (SSSR count). The summed E-state index contributed by atoms with van der Waals surface area (Å²) in [5.74, 6) is 1.36. The van der Waals surface area contributed by atoms with Crippen molar-refractivity contribution in [3.63, 3.8) is 0 Å². The van der Waals surface area contributed by atoms with Gasteiger partial charge in [0.25, 0.3) is 0 Å². The second kappa shape index (κ2) is 7.36. The first-order chi connectivity index (χ1) is 7.36. The molecular formula is C10H19N3O2. The van der Waals surface area contributed by atoms with Crippen LogP contribution in [0.1, 0.15) is 32.0 Å². The van der Waals surface area contributed by atoms with Crippen LogP contribution >= 0.6 is 0 Å². The smallest absolute Gasteiger partial charge is 0.229 e. The summed E-state index contributed by atoms with van der Waals surface area (Å²) in [5.41, 5.74) is 0. The molecule has 86 valence electrons. The van der Waals surface area contributed by atoms with Gasteiger partial charge in [0.1, 0.15) is 0 Å². The highest BCUT2D eigenvalue weighted by molar-refractivity contribution is 4.85. The van der Waals surface area contributed by atoms with E-state index in [0.29, 0.717) is 31.3 Å². The van der Waals surface area contributed by atoms with Gasteiger partial charge in [0.2, 0.25) is 5.89 Å². The summed E-state index contributed by atoms with van der Waals surface area (Å²) < 4.78 is 10.4. The Morgan fingerprint density at radius 3 is 2.93 bits per heavy atom. The molecule has 1 heterocycles. The van der Waals surface area contributed by atoms with Crippen molar-refractivity contribution in [2.24, 2.45) is 0 Å². The van der Waals surface area contributed by atoms with E-state index in [1.807, 2.05) is 6.92 Å². The lowest BCUT2D eigenvalue weighted by Crippen LogP contribution is -2.12. The fourth-order valence-corrected chi connectivity index (χ4v) is 1.11. The van der Waals surface area contributed by atoms with Gasteiger partial charge in [-0.05, 0) is 13.0 Å². The van der Waals surface area contributed by atoms with Crippen LogP contribution in [-0.2, 0) is 17.7 Å². The summed E-state index contributed by atoms with van der Waals surface area (Å²) in [5, 5.41) is 6.99. The molecule has 0 aliphatic heterocycles. The summed E-state index contributed by atoms with van der Waals surface area (Å²) in [6.45, 7) is 7.13. The fraction of sp³-hybridized carbons (Fsp3) is 0.800. The first-order valence-electron chi connectivity index (χ1n) is 5.46. The molecule has 0 spiro atoms. The summed E-state index contributed by atoms with van der Waals surface area (Å²) in [6, 6.07) is 0. The van der Waals surface area contributed by atoms with E-state index in [1.165, 1.54) is 0 Å². The molecule has 5 heteroatoms. The quantitative estimate of drug-likeness (QED) is 0.656. The maximum absolute atomic E-state index is 5.33. The molecule has 1 N–H and O–H groups in total. The van der Waals surface area contributed by atoms with E-state index in [4.69, 9.17) is 9.26 Å². The van der Waals surface area contributed by atoms with Gasteiger partial charge in [-0.25, -0.2) is 0 Å². The van der Waals surface area contributed by atoms with Gasteiger partial charge >= 0.3 is 0 Å². The minimum Gasteiger partial charge on any atom is -0.381 e. The van der Waals surface area contributed by atoms with Crippen molar-refractivity contribution in [3.05, 3.63) is 11.7 Å². The normalized spacial score (nSPS) is 10.8. The lowest BCUT2D eigenvalue weighted by Gasteiger charge is -1.97. The Morgan fingerprint density at radius 1 is 1.33 bits per heavy atom. The van der Waals surface area contributed by atoms with Crippen LogP contribution in [0.4, 0.5) is 0 Å². The predicted octanol–water partition coefficient (Wildman–Crippen LogP) is 1.15. The first-order valence-corrected chi connectivity index (χ1v) is 5.46. The van der Waals surface area contributed by atoms with Crippen molar-refractivity contribution in [1.82, 2.24) is 15.5 Å². The van der Waals surface area contributed by atoms with Crippen LogP contribution in [0.2, 0.25) is 0 Å². The predicted molar refractivity (Wildman–Crippen MR) is 56.5 cm³/mol. The van der Waals surface area contributed by atoms with E-state index in [-0.39, 0.29) is 0 Å². The molecule has 1 aromatic heterocycles. The SMILES string of the molecule is CCCOCCc1nc(CNCC)no1. The number of hydrogen-bond acceptors (Lipinski definition) is 5. The molecule has 15 heavy (non-hydrogen) atoms. The van der Waals surface area contributed by atoms with Gasteiger partial charge in [0.15, 0.2) is 5.82 Å². The molecular weight excluding hydrogens is 194 g/mol. The topological polar surface area (TPSA) is 60.2 Å². The van der Waals surface area contributed by atoms with Crippen LogP contribution in [0.15, 0.2) is 4.52 Å². The lowest BCUT2D eigenvalue weighted by molar-refractivity contribution is 0.132. The van der Waals surface area contributed by atoms with E-state index in [1.54, 1.807) is 0 Å². The van der Waals surface area contributed by atoms with Crippen LogP contribution < -0.4 is 5.32 Å². The van der Waals surface area contributed by atoms with E-state index >= 15 is 0 Å². The molecule has 5 nitrogen and oxygen atoms in total. The van der Waals surface area contributed by atoms with E-state index < -0.39 is 0 Å². The summed E-state index contributed by atoms with van der Waals surface area (Å²) >= 11 is 0. The zero-order chi connectivity index (χ0) is 10.9. The first kappa shape index (κ1) is 12.1. The fourth-order valence-electron chi connectivity index (χ4n) is 1.11. The Bertz CT molecular complexity index is 263. The molecule has 0 unspecified atom stereocenters.